The van der Waals surface area contributed by atoms with E-state index in [0.29, 0.717) is 32.4 Å². The zero-order valence-corrected chi connectivity index (χ0v) is 19.8. The summed E-state index contributed by atoms with van der Waals surface area (Å²) in [5.41, 5.74) is 0.930. The molecule has 0 spiro atoms. The second kappa shape index (κ2) is 10.9. The summed E-state index contributed by atoms with van der Waals surface area (Å²) in [6, 6.07) is 4.47. The van der Waals surface area contributed by atoms with Crippen molar-refractivity contribution in [1.82, 2.24) is 14.9 Å². The summed E-state index contributed by atoms with van der Waals surface area (Å²) in [4.78, 5) is 38.3. The fourth-order valence-corrected chi connectivity index (χ4v) is 4.88. The van der Waals surface area contributed by atoms with Crippen molar-refractivity contribution in [2.75, 3.05) is 13.1 Å². The number of sulfonamides is 1. The molecule has 0 aliphatic carbocycles. The molecule has 10 heteroatoms. The van der Waals surface area contributed by atoms with Crippen molar-refractivity contribution in [3.8, 4) is 0 Å². The van der Waals surface area contributed by atoms with E-state index in [0.717, 1.165) is 5.56 Å². The number of rotatable bonds is 9. The van der Waals surface area contributed by atoms with E-state index in [1.807, 2.05) is 20.8 Å². The van der Waals surface area contributed by atoms with E-state index in [1.54, 1.807) is 12.1 Å². The molecular formula is C22H33N3O6S. The maximum Gasteiger partial charge on any atom is 0.326 e. The minimum absolute atomic E-state index is 0.0903. The van der Waals surface area contributed by atoms with Gasteiger partial charge in [-0.3, -0.25) is 9.59 Å². The second-order valence-corrected chi connectivity index (χ2v) is 10.5. The Kier molecular flexibility index (Phi) is 8.80. The van der Waals surface area contributed by atoms with Crippen LogP contribution in [0.25, 0.3) is 0 Å². The Hall–Kier alpha value is -2.46. The number of piperidine rings is 1. The highest BCUT2D eigenvalue weighted by atomic mass is 32.2. The number of carboxylic acid groups (broad SMARTS) is 1. The van der Waals surface area contributed by atoms with Crippen LogP contribution >= 0.6 is 0 Å². The van der Waals surface area contributed by atoms with Gasteiger partial charge in [-0.15, -0.1) is 0 Å². The first kappa shape index (κ1) is 25.8. The van der Waals surface area contributed by atoms with Gasteiger partial charge in [-0.1, -0.05) is 31.5 Å². The third-order valence-electron chi connectivity index (χ3n) is 5.53. The number of carboxylic acids is 1. The zero-order valence-electron chi connectivity index (χ0n) is 19.0. The number of hydrogen-bond acceptors (Lipinski definition) is 5. The van der Waals surface area contributed by atoms with Crippen LogP contribution in [0.3, 0.4) is 0 Å². The Bertz CT molecular complexity index is 921. The number of likely N-dealkylation sites (tertiary alicyclic amines) is 1. The number of hydrogen-bond donors (Lipinski definition) is 3. The zero-order chi connectivity index (χ0) is 24.1. The predicted octanol–water partition coefficient (Wildman–Crippen LogP) is 1.52. The summed E-state index contributed by atoms with van der Waals surface area (Å²) >= 11 is 0. The Morgan fingerprint density at radius 3 is 2.16 bits per heavy atom. The molecule has 1 aromatic carbocycles. The van der Waals surface area contributed by atoms with Crippen LogP contribution in [-0.2, 0) is 24.4 Å². The van der Waals surface area contributed by atoms with Gasteiger partial charge in [0.1, 0.15) is 6.04 Å². The number of benzene rings is 1. The molecule has 0 aromatic heterocycles. The van der Waals surface area contributed by atoms with Crippen LogP contribution in [0.15, 0.2) is 29.2 Å². The SMILES string of the molecule is Cc1ccc(S(=O)(=O)N[C@@H](C)C(=O)N2CCC(C(=O)N[C@@H](CC(C)C)C(=O)O)CC2)cc1. The van der Waals surface area contributed by atoms with Crippen LogP contribution in [0, 0.1) is 18.8 Å². The van der Waals surface area contributed by atoms with Crippen LogP contribution in [-0.4, -0.2) is 61.4 Å². The van der Waals surface area contributed by atoms with Gasteiger partial charge in [-0.05, 0) is 51.2 Å². The van der Waals surface area contributed by atoms with Gasteiger partial charge in [0.25, 0.3) is 0 Å². The first-order valence-electron chi connectivity index (χ1n) is 10.8. The molecule has 1 aliphatic heterocycles. The summed E-state index contributed by atoms with van der Waals surface area (Å²) in [5, 5.41) is 11.9. The molecule has 2 rings (SSSR count). The number of aliphatic carboxylic acids is 1. The van der Waals surface area contributed by atoms with Gasteiger partial charge in [-0.25, -0.2) is 13.2 Å². The summed E-state index contributed by atoms with van der Waals surface area (Å²) in [6.07, 6.45) is 1.13. The number of aryl methyl sites for hydroxylation is 1. The monoisotopic (exact) mass is 467 g/mol. The van der Waals surface area contributed by atoms with E-state index in [4.69, 9.17) is 0 Å². The molecule has 1 aliphatic rings. The van der Waals surface area contributed by atoms with E-state index in [1.165, 1.54) is 24.0 Å². The number of carbonyl (C=O) groups is 3. The van der Waals surface area contributed by atoms with Crippen LogP contribution in [0.2, 0.25) is 0 Å². The molecular weight excluding hydrogens is 434 g/mol. The lowest BCUT2D eigenvalue weighted by Gasteiger charge is -2.33. The summed E-state index contributed by atoms with van der Waals surface area (Å²) < 4.78 is 27.5. The fraction of sp³-hybridized carbons (Fsp3) is 0.591. The van der Waals surface area contributed by atoms with Crippen molar-refractivity contribution in [3.63, 3.8) is 0 Å². The Labute approximate surface area is 189 Å². The third kappa shape index (κ3) is 7.03. The summed E-state index contributed by atoms with van der Waals surface area (Å²) in [5.74, 6) is -2.00. The lowest BCUT2D eigenvalue weighted by molar-refractivity contribution is -0.143. The lowest BCUT2D eigenvalue weighted by Crippen LogP contribution is -2.51. The molecule has 9 nitrogen and oxygen atoms in total. The molecule has 0 saturated carbocycles. The summed E-state index contributed by atoms with van der Waals surface area (Å²) in [6.45, 7) is 7.73. The van der Waals surface area contributed by atoms with Gasteiger partial charge >= 0.3 is 5.97 Å². The van der Waals surface area contributed by atoms with Crippen LogP contribution in [0.1, 0.15) is 45.6 Å². The topological polar surface area (TPSA) is 133 Å². The van der Waals surface area contributed by atoms with Gasteiger partial charge in [-0.2, -0.15) is 4.72 Å². The Morgan fingerprint density at radius 1 is 1.09 bits per heavy atom. The first-order valence-corrected chi connectivity index (χ1v) is 12.3. The fourth-order valence-electron chi connectivity index (χ4n) is 3.69. The smallest absolute Gasteiger partial charge is 0.326 e. The van der Waals surface area contributed by atoms with Gasteiger partial charge in [0, 0.05) is 19.0 Å². The lowest BCUT2D eigenvalue weighted by atomic mass is 9.94. The molecule has 1 saturated heterocycles. The van der Waals surface area contributed by atoms with Crippen molar-refractivity contribution >= 4 is 27.8 Å². The van der Waals surface area contributed by atoms with Gasteiger partial charge in [0.05, 0.1) is 10.9 Å². The minimum Gasteiger partial charge on any atom is -0.480 e. The normalized spacial score (nSPS) is 17.1. The molecule has 1 aromatic rings. The van der Waals surface area contributed by atoms with E-state index in [2.05, 4.69) is 10.0 Å². The van der Waals surface area contributed by atoms with Crippen molar-refractivity contribution in [2.24, 2.45) is 11.8 Å². The van der Waals surface area contributed by atoms with E-state index in [-0.39, 0.29) is 28.5 Å². The molecule has 0 unspecified atom stereocenters. The van der Waals surface area contributed by atoms with Crippen molar-refractivity contribution < 1.29 is 27.9 Å². The number of amides is 2. The number of nitrogens with one attached hydrogen (secondary N) is 2. The van der Waals surface area contributed by atoms with Gasteiger partial charge in [0.2, 0.25) is 21.8 Å². The van der Waals surface area contributed by atoms with Gasteiger partial charge in [0.15, 0.2) is 0 Å². The highest BCUT2D eigenvalue weighted by molar-refractivity contribution is 7.89. The highest BCUT2D eigenvalue weighted by Gasteiger charge is 2.32. The largest absolute Gasteiger partial charge is 0.480 e. The van der Waals surface area contributed by atoms with Crippen LogP contribution < -0.4 is 10.0 Å². The Morgan fingerprint density at radius 2 is 1.66 bits per heavy atom. The highest BCUT2D eigenvalue weighted by Crippen LogP contribution is 2.19. The van der Waals surface area contributed by atoms with Crippen LogP contribution in [0.5, 0.6) is 0 Å². The third-order valence-corrected chi connectivity index (χ3v) is 7.09. The first-order chi connectivity index (χ1) is 14.9. The number of nitrogens with zero attached hydrogens (tertiary/aromatic N) is 1. The second-order valence-electron chi connectivity index (χ2n) is 8.78. The average Bonchev–Trinajstić information content (AvgIpc) is 2.72. The number of carbonyl (C=O) groups excluding carboxylic acids is 2. The van der Waals surface area contributed by atoms with Crippen molar-refractivity contribution in [1.29, 1.82) is 0 Å². The van der Waals surface area contributed by atoms with Gasteiger partial charge < -0.3 is 15.3 Å². The van der Waals surface area contributed by atoms with Crippen LogP contribution in [0.4, 0.5) is 0 Å². The molecule has 0 radical (unpaired) electrons. The molecule has 3 N–H and O–H groups in total. The average molecular weight is 468 g/mol. The molecule has 2 amide bonds. The van der Waals surface area contributed by atoms with E-state index >= 15 is 0 Å². The van der Waals surface area contributed by atoms with Crippen molar-refractivity contribution in [3.05, 3.63) is 29.8 Å². The van der Waals surface area contributed by atoms with E-state index in [9.17, 15) is 27.9 Å². The standard InChI is InChI=1S/C22H33N3O6S/c1-14(2)13-19(22(28)29)23-20(26)17-9-11-25(12-10-17)21(27)16(4)24-32(30,31)18-7-5-15(3)6-8-18/h5-8,14,16-17,19,24H,9-13H2,1-4H3,(H,23,26)(H,28,29)/t16-,19-/m0/s1. The molecule has 2 atom stereocenters. The maximum atomic E-state index is 12.7. The molecule has 1 heterocycles. The quantitative estimate of drug-likeness (QED) is 0.504. The minimum atomic E-state index is -3.83. The Balaban J connectivity index is 1.90. The van der Waals surface area contributed by atoms with Crippen molar-refractivity contribution in [2.45, 2.75) is 63.9 Å². The maximum absolute atomic E-state index is 12.7. The predicted molar refractivity (Wildman–Crippen MR) is 119 cm³/mol. The molecule has 0 bridgehead atoms. The molecule has 1 fully saturated rings. The molecule has 178 valence electrons. The summed E-state index contributed by atoms with van der Waals surface area (Å²) in [7, 11) is -3.83. The van der Waals surface area contributed by atoms with E-state index < -0.39 is 28.1 Å². The molecule has 32 heavy (non-hydrogen) atoms.